The number of carbonyl (C=O) groups excluding carboxylic acids is 1. The number of hydrogen-bond acceptors (Lipinski definition) is 5. The molecule has 0 bridgehead atoms. The fourth-order valence-corrected chi connectivity index (χ4v) is 0.984. The van der Waals surface area contributed by atoms with Crippen molar-refractivity contribution in [3.63, 3.8) is 0 Å². The zero-order valence-corrected chi connectivity index (χ0v) is 12.5. The molecule has 0 aliphatic heterocycles. The van der Waals surface area contributed by atoms with Gasteiger partial charge in [-0.25, -0.2) is 4.98 Å². The van der Waals surface area contributed by atoms with Crippen LogP contribution in [0.5, 0.6) is 0 Å². The first-order chi connectivity index (χ1) is 5.61. The van der Waals surface area contributed by atoms with Gasteiger partial charge in [0.1, 0.15) is 5.03 Å². The molecule has 0 radical (unpaired) electrons. The quantitative estimate of drug-likeness (QED) is 0.372. The monoisotopic (exact) mass is 231 g/mol. The van der Waals surface area contributed by atoms with Crippen LogP contribution in [0, 0.1) is 0 Å². The van der Waals surface area contributed by atoms with Crippen LogP contribution in [0.15, 0.2) is 23.2 Å². The minimum atomic E-state index is -2.51. The summed E-state index contributed by atoms with van der Waals surface area (Å²) < 4.78 is 20.6. The molecule has 1 aromatic heterocycles. The van der Waals surface area contributed by atoms with Crippen molar-refractivity contribution in [2.45, 2.75) is 5.03 Å². The van der Waals surface area contributed by atoms with Crippen LogP contribution in [0.4, 0.5) is 0 Å². The molecule has 1 heterocycles. The maximum Gasteiger partial charge on any atom is 1.00 e. The molecule has 0 aromatic carbocycles. The number of pyridine rings is 1. The van der Waals surface area contributed by atoms with Gasteiger partial charge in [0.2, 0.25) is 0 Å². The summed E-state index contributed by atoms with van der Waals surface area (Å²) in [5.41, 5.74) is -0.392. The van der Waals surface area contributed by atoms with Gasteiger partial charge < -0.3 is 14.5 Å². The number of rotatable bonds is 2. The summed E-state index contributed by atoms with van der Waals surface area (Å²) in [7, 11) is 0. The fourth-order valence-electron chi connectivity index (χ4n) is 0.621. The van der Waals surface area contributed by atoms with E-state index in [9.17, 15) is 18.7 Å². The van der Waals surface area contributed by atoms with Crippen LogP contribution in [-0.2, 0) is 11.1 Å². The van der Waals surface area contributed by atoms with Gasteiger partial charge in [-0.1, -0.05) is 6.07 Å². The minimum absolute atomic E-state index is 0. The number of carboxylic acids is 1. The Hall–Kier alpha value is 0.730. The number of nitrogens with zero attached hydrogens (tertiary/aromatic N) is 1. The van der Waals surface area contributed by atoms with Crippen molar-refractivity contribution in [1.82, 2.24) is 4.98 Å². The Morgan fingerprint density at radius 1 is 1.36 bits per heavy atom. The third-order valence-corrected chi connectivity index (χ3v) is 1.67. The number of aromatic carboxylic acids is 1. The second-order valence-corrected chi connectivity index (χ2v) is 2.77. The summed E-state index contributed by atoms with van der Waals surface area (Å²) in [6.45, 7) is 0. The summed E-state index contributed by atoms with van der Waals surface area (Å²) in [5.74, 6) is -1.50. The molecule has 0 fully saturated rings. The Balaban J connectivity index is 0. The van der Waals surface area contributed by atoms with E-state index in [0.717, 1.165) is 6.07 Å². The Morgan fingerprint density at radius 3 is 2.36 bits per heavy atom. The van der Waals surface area contributed by atoms with Crippen LogP contribution in [0.3, 0.4) is 0 Å². The van der Waals surface area contributed by atoms with Gasteiger partial charge >= 0.3 is 59.1 Å². The molecule has 14 heavy (non-hydrogen) atoms. The van der Waals surface area contributed by atoms with Crippen molar-refractivity contribution in [2.75, 3.05) is 0 Å². The van der Waals surface area contributed by atoms with Gasteiger partial charge in [0.05, 0.1) is 11.7 Å². The van der Waals surface area contributed by atoms with Gasteiger partial charge in [0, 0.05) is 0 Å². The van der Waals surface area contributed by atoms with Crippen molar-refractivity contribution in [3.05, 3.63) is 23.9 Å². The Bertz CT molecular complexity index is 317. The number of hydrogen-bond donors (Lipinski definition) is 0. The minimum Gasteiger partial charge on any atom is -0.767 e. The standard InChI is InChI=1S/C6H5NO4S.2Na/c8-6(9)4-2-1-3-5(7-4)12(10)11;;/h1-3H,(H,8,9)(H,10,11);;/q;2*+1/p-2. The van der Waals surface area contributed by atoms with Gasteiger partial charge in [-0.05, 0) is 23.2 Å². The molecule has 1 unspecified atom stereocenters. The normalized spacial score (nSPS) is 10.6. The summed E-state index contributed by atoms with van der Waals surface area (Å²) in [4.78, 5) is 13.5. The van der Waals surface area contributed by atoms with Crippen LogP contribution in [0.1, 0.15) is 10.5 Å². The molecule has 0 aliphatic carbocycles. The van der Waals surface area contributed by atoms with Crippen molar-refractivity contribution in [1.29, 1.82) is 0 Å². The molecule has 64 valence electrons. The third kappa shape index (κ3) is 4.99. The molecule has 1 rings (SSSR count). The molecular formula is C6H3NNa2O4S. The van der Waals surface area contributed by atoms with E-state index in [1.807, 2.05) is 0 Å². The zero-order valence-electron chi connectivity index (χ0n) is 7.72. The fraction of sp³-hybridized carbons (Fsp3) is 0. The van der Waals surface area contributed by atoms with Gasteiger partial charge in [0.25, 0.3) is 0 Å². The molecule has 1 atom stereocenters. The Kier molecular flexibility index (Phi) is 9.73. The number of carbonyl (C=O) groups is 1. The molecule has 0 N–H and O–H groups in total. The third-order valence-electron chi connectivity index (χ3n) is 1.10. The first kappa shape index (κ1) is 17.1. The van der Waals surface area contributed by atoms with Crippen molar-refractivity contribution >= 4 is 17.0 Å². The summed E-state index contributed by atoms with van der Waals surface area (Å²) in [5, 5.41) is 9.89. The average Bonchev–Trinajstić information content (AvgIpc) is 2.04. The van der Waals surface area contributed by atoms with E-state index in [1.165, 1.54) is 12.1 Å². The van der Waals surface area contributed by atoms with Gasteiger partial charge in [-0.2, -0.15) is 0 Å². The van der Waals surface area contributed by atoms with Crippen molar-refractivity contribution in [2.24, 2.45) is 0 Å². The molecule has 8 heteroatoms. The van der Waals surface area contributed by atoms with E-state index < -0.39 is 22.7 Å². The molecule has 5 nitrogen and oxygen atoms in total. The van der Waals surface area contributed by atoms with E-state index in [4.69, 9.17) is 0 Å². The van der Waals surface area contributed by atoms with E-state index in [2.05, 4.69) is 4.98 Å². The van der Waals surface area contributed by atoms with Crippen molar-refractivity contribution < 1.29 is 77.8 Å². The second kappa shape index (κ2) is 7.95. The maximum absolute atomic E-state index is 10.3. The van der Waals surface area contributed by atoms with Gasteiger partial charge in [0.15, 0.2) is 0 Å². The van der Waals surface area contributed by atoms with Gasteiger partial charge in [-0.15, -0.1) is 0 Å². The summed E-state index contributed by atoms with van der Waals surface area (Å²) in [6.07, 6.45) is 0. The topological polar surface area (TPSA) is 93.1 Å². The largest absolute Gasteiger partial charge is 1.00 e. The molecule has 0 aliphatic rings. The van der Waals surface area contributed by atoms with Crippen LogP contribution in [0.2, 0.25) is 0 Å². The van der Waals surface area contributed by atoms with E-state index >= 15 is 0 Å². The van der Waals surface area contributed by atoms with Crippen LogP contribution < -0.4 is 64.2 Å². The smallest absolute Gasteiger partial charge is 0.767 e. The zero-order chi connectivity index (χ0) is 9.14. The average molecular weight is 231 g/mol. The van der Waals surface area contributed by atoms with E-state index in [1.54, 1.807) is 0 Å². The molecular weight excluding hydrogens is 228 g/mol. The molecule has 0 saturated heterocycles. The van der Waals surface area contributed by atoms with Crippen LogP contribution in [-0.4, -0.2) is 19.7 Å². The molecule has 0 amide bonds. The van der Waals surface area contributed by atoms with Crippen LogP contribution in [0.25, 0.3) is 0 Å². The second-order valence-electron chi connectivity index (χ2n) is 1.88. The number of aromatic nitrogens is 1. The Labute approximate surface area is 127 Å². The first-order valence-corrected chi connectivity index (χ1v) is 3.96. The SMILES string of the molecule is O=C([O-])c1cccc(S(=O)[O-])n1.[Na+].[Na+]. The van der Waals surface area contributed by atoms with Gasteiger partial charge in [-0.3, -0.25) is 4.21 Å². The van der Waals surface area contributed by atoms with Crippen LogP contribution >= 0.6 is 0 Å². The summed E-state index contributed by atoms with van der Waals surface area (Å²) in [6, 6.07) is 3.63. The maximum atomic E-state index is 10.3. The predicted octanol–water partition coefficient (Wildman–Crippen LogP) is -7.31. The predicted molar refractivity (Wildman–Crippen MR) is 35.8 cm³/mol. The van der Waals surface area contributed by atoms with E-state index in [0.29, 0.717) is 0 Å². The molecule has 1 aromatic rings. The molecule has 0 spiro atoms. The number of carboxylic acid groups (broad SMARTS) is 1. The summed E-state index contributed by atoms with van der Waals surface area (Å²) >= 11 is -2.51. The Morgan fingerprint density at radius 2 is 1.93 bits per heavy atom. The molecule has 0 saturated carbocycles. The first-order valence-electron chi connectivity index (χ1n) is 2.89. The van der Waals surface area contributed by atoms with E-state index in [-0.39, 0.29) is 64.1 Å². The van der Waals surface area contributed by atoms with Crippen molar-refractivity contribution in [3.8, 4) is 0 Å².